The molecular weight excluding hydrogens is 296 g/mol. The third kappa shape index (κ3) is 4.31. The molecule has 0 saturated carbocycles. The molecule has 0 fully saturated rings. The van der Waals surface area contributed by atoms with Gasteiger partial charge >= 0.3 is 0 Å². The van der Waals surface area contributed by atoms with Gasteiger partial charge in [0.1, 0.15) is 5.75 Å². The first-order valence-corrected chi connectivity index (χ1v) is 6.72. The zero-order chi connectivity index (χ0) is 13.5. The van der Waals surface area contributed by atoms with Gasteiger partial charge in [0.15, 0.2) is 0 Å². The van der Waals surface area contributed by atoms with Gasteiger partial charge in [-0.2, -0.15) is 0 Å². The van der Waals surface area contributed by atoms with Gasteiger partial charge in [0.05, 0.1) is 19.3 Å². The van der Waals surface area contributed by atoms with E-state index in [2.05, 4.69) is 33.5 Å². The van der Waals surface area contributed by atoms with E-state index >= 15 is 0 Å². The van der Waals surface area contributed by atoms with Crippen LogP contribution in [0.3, 0.4) is 0 Å². The number of hydrogen-bond acceptors (Lipinski definition) is 3. The third-order valence-corrected chi connectivity index (χ3v) is 2.92. The summed E-state index contributed by atoms with van der Waals surface area (Å²) in [6.07, 6.45) is 1.01. The lowest BCUT2D eigenvalue weighted by Gasteiger charge is -2.14. The molecule has 0 atom stereocenters. The van der Waals surface area contributed by atoms with Crippen LogP contribution in [0, 0.1) is 6.92 Å². The molecule has 4 nitrogen and oxygen atoms in total. The maximum Gasteiger partial charge on any atom is 0.238 e. The second-order valence-corrected chi connectivity index (χ2v) is 4.94. The Morgan fingerprint density at radius 2 is 2.17 bits per heavy atom. The van der Waals surface area contributed by atoms with E-state index in [1.54, 1.807) is 7.11 Å². The van der Waals surface area contributed by atoms with E-state index in [0.29, 0.717) is 12.3 Å². The lowest BCUT2D eigenvalue weighted by atomic mass is 10.2. The van der Waals surface area contributed by atoms with Gasteiger partial charge in [-0.3, -0.25) is 4.79 Å². The highest BCUT2D eigenvalue weighted by molar-refractivity contribution is 9.10. The number of hydrogen-bond donors (Lipinski definition) is 2. The van der Waals surface area contributed by atoms with Crippen LogP contribution in [-0.4, -0.2) is 26.1 Å². The molecule has 0 bridgehead atoms. The number of methoxy groups -OCH3 is 1. The lowest BCUT2D eigenvalue weighted by molar-refractivity contribution is -0.115. The molecule has 1 aromatic rings. The minimum Gasteiger partial charge on any atom is -0.495 e. The Balaban J connectivity index is 2.74. The van der Waals surface area contributed by atoms with Crippen LogP contribution in [0.15, 0.2) is 16.6 Å². The van der Waals surface area contributed by atoms with Crippen molar-refractivity contribution in [2.45, 2.75) is 20.3 Å². The first-order valence-electron chi connectivity index (χ1n) is 5.93. The van der Waals surface area contributed by atoms with E-state index in [9.17, 15) is 4.79 Å². The Kier molecular flexibility index (Phi) is 6.15. The SMILES string of the molecule is CCCNCC(=O)Nc1c(C)cc(Br)cc1OC. The van der Waals surface area contributed by atoms with Crippen molar-refractivity contribution in [3.8, 4) is 5.75 Å². The highest BCUT2D eigenvalue weighted by Gasteiger charge is 2.11. The normalized spacial score (nSPS) is 10.2. The van der Waals surface area contributed by atoms with E-state index in [4.69, 9.17) is 4.74 Å². The summed E-state index contributed by atoms with van der Waals surface area (Å²) in [4.78, 5) is 11.8. The Morgan fingerprint density at radius 1 is 1.44 bits per heavy atom. The third-order valence-electron chi connectivity index (χ3n) is 2.46. The van der Waals surface area contributed by atoms with Crippen LogP contribution in [-0.2, 0) is 4.79 Å². The molecule has 2 N–H and O–H groups in total. The first-order chi connectivity index (χ1) is 8.58. The number of carbonyl (C=O) groups is 1. The van der Waals surface area contributed by atoms with Crippen LogP contribution in [0.1, 0.15) is 18.9 Å². The average molecular weight is 315 g/mol. The second-order valence-electron chi connectivity index (χ2n) is 4.02. The van der Waals surface area contributed by atoms with Crippen LogP contribution >= 0.6 is 15.9 Å². The maximum atomic E-state index is 11.8. The van der Waals surface area contributed by atoms with Crippen LogP contribution in [0.5, 0.6) is 5.75 Å². The van der Waals surface area contributed by atoms with Gasteiger partial charge in [-0.15, -0.1) is 0 Å². The van der Waals surface area contributed by atoms with Gasteiger partial charge in [0.2, 0.25) is 5.91 Å². The van der Waals surface area contributed by atoms with E-state index in [1.165, 1.54) is 0 Å². The largest absolute Gasteiger partial charge is 0.495 e. The fourth-order valence-electron chi connectivity index (χ4n) is 1.60. The molecule has 0 unspecified atom stereocenters. The summed E-state index contributed by atoms with van der Waals surface area (Å²) in [5, 5.41) is 5.93. The zero-order valence-electron chi connectivity index (χ0n) is 11.0. The van der Waals surface area contributed by atoms with Crippen molar-refractivity contribution >= 4 is 27.5 Å². The Bertz CT molecular complexity index is 422. The van der Waals surface area contributed by atoms with Crippen LogP contribution < -0.4 is 15.4 Å². The molecule has 5 heteroatoms. The summed E-state index contributed by atoms with van der Waals surface area (Å²) in [7, 11) is 1.59. The van der Waals surface area contributed by atoms with E-state index in [0.717, 1.165) is 28.7 Å². The summed E-state index contributed by atoms with van der Waals surface area (Å²) >= 11 is 3.40. The number of carbonyl (C=O) groups excluding carboxylic acids is 1. The Labute approximate surface area is 116 Å². The van der Waals surface area contributed by atoms with Crippen molar-refractivity contribution in [3.05, 3.63) is 22.2 Å². The van der Waals surface area contributed by atoms with Crippen molar-refractivity contribution in [2.75, 3.05) is 25.5 Å². The molecule has 0 saturated heterocycles. The van der Waals surface area contributed by atoms with Gasteiger partial charge in [-0.25, -0.2) is 0 Å². The summed E-state index contributed by atoms with van der Waals surface area (Å²) in [6, 6.07) is 3.78. The number of ether oxygens (including phenoxy) is 1. The highest BCUT2D eigenvalue weighted by atomic mass is 79.9. The molecule has 1 amide bonds. The minimum atomic E-state index is -0.0628. The molecule has 1 rings (SSSR count). The average Bonchev–Trinajstić information content (AvgIpc) is 2.32. The molecule has 0 aliphatic rings. The molecule has 18 heavy (non-hydrogen) atoms. The van der Waals surface area contributed by atoms with Crippen molar-refractivity contribution in [1.82, 2.24) is 5.32 Å². The van der Waals surface area contributed by atoms with Gasteiger partial charge in [-0.05, 0) is 37.6 Å². The van der Waals surface area contributed by atoms with Gasteiger partial charge in [0, 0.05) is 4.47 Å². The van der Waals surface area contributed by atoms with Crippen molar-refractivity contribution in [2.24, 2.45) is 0 Å². The number of amides is 1. The number of rotatable bonds is 6. The second kappa shape index (κ2) is 7.38. The van der Waals surface area contributed by atoms with Crippen molar-refractivity contribution in [1.29, 1.82) is 0 Å². The van der Waals surface area contributed by atoms with Gasteiger partial charge in [-0.1, -0.05) is 22.9 Å². The fourth-order valence-corrected chi connectivity index (χ4v) is 2.15. The summed E-state index contributed by atoms with van der Waals surface area (Å²) in [5.41, 5.74) is 1.69. The molecular formula is C13H19BrN2O2. The number of aryl methyl sites for hydroxylation is 1. The lowest BCUT2D eigenvalue weighted by Crippen LogP contribution is -2.28. The number of nitrogens with one attached hydrogen (secondary N) is 2. The topological polar surface area (TPSA) is 50.4 Å². The standard InChI is InChI=1S/C13H19BrN2O2/c1-4-5-15-8-12(17)16-13-9(2)6-10(14)7-11(13)18-3/h6-7,15H,4-5,8H2,1-3H3,(H,16,17). The molecule has 0 aromatic heterocycles. The van der Waals surface area contributed by atoms with Crippen molar-refractivity contribution in [3.63, 3.8) is 0 Å². The highest BCUT2D eigenvalue weighted by Crippen LogP contribution is 2.31. The zero-order valence-corrected chi connectivity index (χ0v) is 12.6. The molecule has 0 radical (unpaired) electrons. The monoisotopic (exact) mass is 314 g/mol. The quantitative estimate of drug-likeness (QED) is 0.794. The summed E-state index contributed by atoms with van der Waals surface area (Å²) < 4.78 is 6.20. The van der Waals surface area contributed by atoms with E-state index < -0.39 is 0 Å². The van der Waals surface area contributed by atoms with Crippen LogP contribution in [0.25, 0.3) is 0 Å². The predicted molar refractivity (Wildman–Crippen MR) is 77.2 cm³/mol. The number of halogens is 1. The molecule has 0 aliphatic heterocycles. The number of benzene rings is 1. The van der Waals surface area contributed by atoms with E-state index in [-0.39, 0.29) is 5.91 Å². The fraction of sp³-hybridized carbons (Fsp3) is 0.462. The first kappa shape index (κ1) is 15.0. The van der Waals surface area contributed by atoms with E-state index in [1.807, 2.05) is 19.1 Å². The summed E-state index contributed by atoms with van der Waals surface area (Å²) in [6.45, 7) is 5.14. The van der Waals surface area contributed by atoms with Crippen molar-refractivity contribution < 1.29 is 9.53 Å². The molecule has 0 spiro atoms. The molecule has 100 valence electrons. The Morgan fingerprint density at radius 3 is 2.78 bits per heavy atom. The maximum absolute atomic E-state index is 11.8. The van der Waals surface area contributed by atoms with Crippen LogP contribution in [0.2, 0.25) is 0 Å². The molecule has 1 aromatic carbocycles. The smallest absolute Gasteiger partial charge is 0.238 e. The molecule has 0 aliphatic carbocycles. The number of anilines is 1. The van der Waals surface area contributed by atoms with Gasteiger partial charge in [0.25, 0.3) is 0 Å². The Hall–Kier alpha value is -1.07. The minimum absolute atomic E-state index is 0.0628. The van der Waals surface area contributed by atoms with Crippen LogP contribution in [0.4, 0.5) is 5.69 Å². The van der Waals surface area contributed by atoms with Gasteiger partial charge < -0.3 is 15.4 Å². The molecule has 0 heterocycles. The predicted octanol–water partition coefficient (Wildman–Crippen LogP) is 2.70. The summed E-state index contributed by atoms with van der Waals surface area (Å²) in [5.74, 6) is 0.595.